The first-order valence-corrected chi connectivity index (χ1v) is 8.99. The van der Waals surface area contributed by atoms with Gasteiger partial charge in [0.15, 0.2) is 0 Å². The number of benzene rings is 1. The fraction of sp³-hybridized carbons (Fsp3) is 0.533. The molecular weight excluding hydrogens is 322 g/mol. The van der Waals surface area contributed by atoms with Crippen molar-refractivity contribution in [1.82, 2.24) is 4.31 Å². The normalized spacial score (nSPS) is 24.4. The van der Waals surface area contributed by atoms with E-state index in [1.54, 1.807) is 13.0 Å². The minimum Gasteiger partial charge on any atom is -0.493 e. The molecule has 0 spiro atoms. The highest BCUT2D eigenvalue weighted by molar-refractivity contribution is 7.89. The largest absolute Gasteiger partial charge is 0.493 e. The third-order valence-electron chi connectivity index (χ3n) is 4.18. The molecule has 0 aliphatic carbocycles. The molecule has 2 atom stereocenters. The van der Waals surface area contributed by atoms with Crippen LogP contribution in [0.15, 0.2) is 23.1 Å². The molecule has 2 aliphatic rings. The zero-order valence-electron chi connectivity index (χ0n) is 12.8. The van der Waals surface area contributed by atoms with E-state index in [1.807, 2.05) is 0 Å². The predicted molar refractivity (Wildman–Crippen MR) is 81.0 cm³/mol. The monoisotopic (exact) mass is 341 g/mol. The van der Waals surface area contributed by atoms with Gasteiger partial charge in [0, 0.05) is 32.1 Å². The Hall–Kier alpha value is -1.64. The molecule has 126 valence electrons. The lowest BCUT2D eigenvalue weighted by molar-refractivity contribution is -0.140. The maximum atomic E-state index is 12.9. The van der Waals surface area contributed by atoms with Crippen molar-refractivity contribution in [2.75, 3.05) is 19.8 Å². The number of carboxylic acid groups (broad SMARTS) is 1. The number of carbonyl (C=O) groups is 1. The van der Waals surface area contributed by atoms with Gasteiger partial charge in [-0.15, -0.1) is 0 Å². The third kappa shape index (κ3) is 2.93. The standard InChI is InChI=1S/C15H19NO6S/c1-2-21-11-7-13(15(17)18)16(9-11)23(19,20)12-4-3-10-5-6-22-14(10)8-12/h3-4,8,11,13H,2,5-7,9H2,1H3,(H,17,18)/t11-,13+/m1/s1. The summed E-state index contributed by atoms with van der Waals surface area (Å²) in [6, 6.07) is 3.60. The van der Waals surface area contributed by atoms with Crippen LogP contribution in [-0.4, -0.2) is 55.7 Å². The smallest absolute Gasteiger partial charge is 0.322 e. The second-order valence-corrected chi connectivity index (χ2v) is 7.50. The zero-order chi connectivity index (χ0) is 16.6. The fourth-order valence-electron chi connectivity index (χ4n) is 3.06. The molecule has 8 heteroatoms. The summed E-state index contributed by atoms with van der Waals surface area (Å²) in [6.07, 6.45) is 0.509. The molecule has 1 saturated heterocycles. The molecule has 0 amide bonds. The summed E-state index contributed by atoms with van der Waals surface area (Å²) in [5.41, 5.74) is 0.965. The molecule has 2 heterocycles. The lowest BCUT2D eigenvalue weighted by atomic mass is 10.2. The SMILES string of the molecule is CCO[C@@H]1C[C@@H](C(=O)O)N(S(=O)(=O)c2ccc3c(c2)OCC3)C1. The lowest BCUT2D eigenvalue weighted by Crippen LogP contribution is -2.40. The summed E-state index contributed by atoms with van der Waals surface area (Å²) in [6.45, 7) is 2.79. The average molecular weight is 341 g/mol. The maximum absolute atomic E-state index is 12.9. The van der Waals surface area contributed by atoms with Crippen LogP contribution < -0.4 is 4.74 Å². The number of carboxylic acids is 1. The molecule has 3 rings (SSSR count). The summed E-state index contributed by atoms with van der Waals surface area (Å²) in [7, 11) is -3.91. The molecule has 1 aromatic rings. The first kappa shape index (κ1) is 16.2. The highest BCUT2D eigenvalue weighted by Crippen LogP contribution is 2.32. The number of hydrogen-bond acceptors (Lipinski definition) is 5. The third-order valence-corrected chi connectivity index (χ3v) is 6.05. The Kier molecular flexibility index (Phi) is 4.31. The Balaban J connectivity index is 1.92. The van der Waals surface area contributed by atoms with Gasteiger partial charge in [0.05, 0.1) is 17.6 Å². The van der Waals surface area contributed by atoms with E-state index in [9.17, 15) is 18.3 Å². The summed E-state index contributed by atoms with van der Waals surface area (Å²) in [4.78, 5) is 11.5. The summed E-state index contributed by atoms with van der Waals surface area (Å²) in [5, 5.41) is 9.35. The highest BCUT2D eigenvalue weighted by Gasteiger charge is 2.44. The molecule has 1 fully saturated rings. The van der Waals surface area contributed by atoms with Crippen molar-refractivity contribution in [3.8, 4) is 5.75 Å². The Morgan fingerprint density at radius 3 is 2.96 bits per heavy atom. The average Bonchev–Trinajstić information content (AvgIpc) is 3.13. The predicted octanol–water partition coefficient (Wildman–Crippen LogP) is 0.874. The molecule has 0 unspecified atom stereocenters. The lowest BCUT2D eigenvalue weighted by Gasteiger charge is -2.21. The molecule has 0 saturated carbocycles. The molecule has 1 N–H and O–H groups in total. The zero-order valence-corrected chi connectivity index (χ0v) is 13.6. The Labute approximate surface area is 134 Å². The van der Waals surface area contributed by atoms with Crippen molar-refractivity contribution >= 4 is 16.0 Å². The van der Waals surface area contributed by atoms with E-state index < -0.39 is 28.1 Å². The Morgan fingerprint density at radius 1 is 1.48 bits per heavy atom. The van der Waals surface area contributed by atoms with Crippen LogP contribution in [0.3, 0.4) is 0 Å². The minimum absolute atomic E-state index is 0.0467. The van der Waals surface area contributed by atoms with Gasteiger partial charge < -0.3 is 14.6 Å². The number of nitrogens with zero attached hydrogens (tertiary/aromatic N) is 1. The van der Waals surface area contributed by atoms with Crippen molar-refractivity contribution in [3.63, 3.8) is 0 Å². The Bertz CT molecular complexity index is 717. The molecule has 23 heavy (non-hydrogen) atoms. The van der Waals surface area contributed by atoms with Gasteiger partial charge in [-0.05, 0) is 18.6 Å². The number of aliphatic carboxylic acids is 1. The summed E-state index contributed by atoms with van der Waals surface area (Å²) >= 11 is 0. The van der Waals surface area contributed by atoms with Crippen molar-refractivity contribution in [3.05, 3.63) is 23.8 Å². The van der Waals surface area contributed by atoms with E-state index >= 15 is 0 Å². The van der Waals surface area contributed by atoms with Crippen LogP contribution in [-0.2, 0) is 26.0 Å². The molecule has 7 nitrogen and oxygen atoms in total. The second kappa shape index (κ2) is 6.10. The van der Waals surface area contributed by atoms with Crippen LogP contribution in [0.4, 0.5) is 0 Å². The Morgan fingerprint density at radius 2 is 2.26 bits per heavy atom. The maximum Gasteiger partial charge on any atom is 0.322 e. The van der Waals surface area contributed by atoms with E-state index in [1.165, 1.54) is 12.1 Å². The van der Waals surface area contributed by atoms with Crippen LogP contribution in [0.5, 0.6) is 5.75 Å². The first-order chi connectivity index (χ1) is 10.9. The van der Waals surface area contributed by atoms with E-state index in [4.69, 9.17) is 9.47 Å². The number of hydrogen-bond donors (Lipinski definition) is 1. The van der Waals surface area contributed by atoms with E-state index in [0.29, 0.717) is 19.0 Å². The number of sulfonamides is 1. The van der Waals surface area contributed by atoms with Gasteiger partial charge in [-0.25, -0.2) is 8.42 Å². The van der Waals surface area contributed by atoms with Gasteiger partial charge in [0.25, 0.3) is 0 Å². The van der Waals surface area contributed by atoms with Gasteiger partial charge in [0.1, 0.15) is 11.8 Å². The van der Waals surface area contributed by atoms with E-state index in [0.717, 1.165) is 16.3 Å². The van der Waals surface area contributed by atoms with Crippen molar-refractivity contribution in [1.29, 1.82) is 0 Å². The van der Waals surface area contributed by atoms with Gasteiger partial charge in [-0.3, -0.25) is 4.79 Å². The molecule has 0 bridgehead atoms. The number of rotatable bonds is 5. The highest BCUT2D eigenvalue weighted by atomic mass is 32.2. The number of ether oxygens (including phenoxy) is 2. The first-order valence-electron chi connectivity index (χ1n) is 7.55. The van der Waals surface area contributed by atoms with Gasteiger partial charge in [0.2, 0.25) is 10.0 Å². The molecular formula is C15H19NO6S. The summed E-state index contributed by atoms with van der Waals surface area (Å²) < 4.78 is 37.6. The minimum atomic E-state index is -3.91. The summed E-state index contributed by atoms with van der Waals surface area (Å²) in [5.74, 6) is -0.605. The molecule has 2 aliphatic heterocycles. The van der Waals surface area contributed by atoms with E-state index in [2.05, 4.69) is 0 Å². The van der Waals surface area contributed by atoms with E-state index in [-0.39, 0.29) is 17.9 Å². The molecule has 1 aromatic carbocycles. The quantitative estimate of drug-likeness (QED) is 0.854. The molecule has 0 radical (unpaired) electrons. The fourth-order valence-corrected chi connectivity index (χ4v) is 4.70. The van der Waals surface area contributed by atoms with Crippen LogP contribution in [0.25, 0.3) is 0 Å². The second-order valence-electron chi connectivity index (χ2n) is 5.61. The van der Waals surface area contributed by atoms with Gasteiger partial charge in [-0.2, -0.15) is 4.31 Å². The van der Waals surface area contributed by atoms with Gasteiger partial charge >= 0.3 is 5.97 Å². The van der Waals surface area contributed by atoms with Crippen LogP contribution in [0, 0.1) is 0 Å². The molecule has 0 aromatic heterocycles. The van der Waals surface area contributed by atoms with Crippen LogP contribution >= 0.6 is 0 Å². The van der Waals surface area contributed by atoms with Crippen LogP contribution in [0.1, 0.15) is 18.9 Å². The van der Waals surface area contributed by atoms with Crippen molar-refractivity contribution < 1.29 is 27.8 Å². The van der Waals surface area contributed by atoms with Crippen LogP contribution in [0.2, 0.25) is 0 Å². The number of fused-ring (bicyclic) bond motifs is 1. The topological polar surface area (TPSA) is 93.1 Å². The van der Waals surface area contributed by atoms with Crippen molar-refractivity contribution in [2.24, 2.45) is 0 Å². The van der Waals surface area contributed by atoms with Crippen molar-refractivity contribution in [2.45, 2.75) is 36.8 Å². The van der Waals surface area contributed by atoms with Gasteiger partial charge in [-0.1, -0.05) is 6.07 Å².